The highest BCUT2D eigenvalue weighted by molar-refractivity contribution is 7.18. The van der Waals surface area contributed by atoms with Crippen molar-refractivity contribution in [1.82, 2.24) is 20.3 Å². The van der Waals surface area contributed by atoms with Crippen LogP contribution in [0.25, 0.3) is 10.2 Å². The Hall–Kier alpha value is -2.49. The molecule has 0 spiro atoms. The van der Waals surface area contributed by atoms with E-state index in [-0.39, 0.29) is 12.7 Å². The maximum Gasteiger partial charge on any atom is 0.131 e. The fraction of sp³-hybridized carbons (Fsp3) is 0.464. The van der Waals surface area contributed by atoms with E-state index in [0.717, 1.165) is 59.4 Å². The van der Waals surface area contributed by atoms with Crippen molar-refractivity contribution in [2.24, 2.45) is 0 Å². The van der Waals surface area contributed by atoms with Gasteiger partial charge in [0.25, 0.3) is 0 Å². The van der Waals surface area contributed by atoms with Gasteiger partial charge in [0.05, 0.1) is 20.9 Å². The van der Waals surface area contributed by atoms with Gasteiger partial charge in [0.2, 0.25) is 0 Å². The minimum absolute atomic E-state index is 0.0442. The highest BCUT2D eigenvalue weighted by Crippen LogP contribution is 2.30. The fourth-order valence-electron chi connectivity index (χ4n) is 5.28. The molecule has 1 unspecified atom stereocenters. The van der Waals surface area contributed by atoms with E-state index in [0.29, 0.717) is 6.54 Å². The Bertz CT molecular complexity index is 1230. The molecule has 192 valence electrons. The van der Waals surface area contributed by atoms with Gasteiger partial charge in [-0.15, -0.1) is 11.3 Å². The SMILES string of the molecule is Cc1cc(C)c(C2C=C(CN3CCN(C[C@@H](O)COc4ccc5sc(C)nc5c4)CC3)NO2)c(C)c1. The first-order valence-corrected chi connectivity index (χ1v) is 13.5. The number of aliphatic hydroxyl groups is 1. The quantitative estimate of drug-likeness (QED) is 0.476. The van der Waals surface area contributed by atoms with Gasteiger partial charge in [-0.05, 0) is 62.6 Å². The summed E-state index contributed by atoms with van der Waals surface area (Å²) in [5, 5.41) is 11.6. The molecule has 2 N–H and O–H groups in total. The number of fused-ring (bicyclic) bond motifs is 1. The van der Waals surface area contributed by atoms with E-state index < -0.39 is 6.10 Å². The summed E-state index contributed by atoms with van der Waals surface area (Å²) in [5.41, 5.74) is 10.3. The first-order valence-electron chi connectivity index (χ1n) is 12.7. The molecule has 2 aromatic carbocycles. The molecule has 1 saturated heterocycles. The third-order valence-corrected chi connectivity index (χ3v) is 7.88. The summed E-state index contributed by atoms with van der Waals surface area (Å²) in [6.07, 6.45) is 1.64. The largest absolute Gasteiger partial charge is 0.491 e. The van der Waals surface area contributed by atoms with Crippen LogP contribution in [0.15, 0.2) is 42.1 Å². The lowest BCUT2D eigenvalue weighted by molar-refractivity contribution is 0.0323. The highest BCUT2D eigenvalue weighted by Gasteiger charge is 2.25. The van der Waals surface area contributed by atoms with Crippen LogP contribution < -0.4 is 10.2 Å². The van der Waals surface area contributed by atoms with Crippen LogP contribution >= 0.6 is 11.3 Å². The molecule has 2 aliphatic heterocycles. The van der Waals surface area contributed by atoms with Gasteiger partial charge in [0.15, 0.2) is 0 Å². The third-order valence-electron chi connectivity index (χ3n) is 6.93. The summed E-state index contributed by atoms with van der Waals surface area (Å²) in [5.74, 6) is 0.755. The van der Waals surface area contributed by atoms with Gasteiger partial charge < -0.3 is 9.84 Å². The lowest BCUT2D eigenvalue weighted by atomic mass is 9.95. The number of hydroxylamine groups is 1. The summed E-state index contributed by atoms with van der Waals surface area (Å²) >= 11 is 1.68. The Morgan fingerprint density at radius 3 is 2.56 bits per heavy atom. The maximum atomic E-state index is 10.5. The van der Waals surface area contributed by atoms with Gasteiger partial charge in [0, 0.05) is 45.3 Å². The molecule has 0 bridgehead atoms. The van der Waals surface area contributed by atoms with Crippen LogP contribution in [-0.4, -0.2) is 71.9 Å². The lowest BCUT2D eigenvalue weighted by Gasteiger charge is -2.35. The van der Waals surface area contributed by atoms with Crippen molar-refractivity contribution in [3.63, 3.8) is 0 Å². The van der Waals surface area contributed by atoms with Gasteiger partial charge in [-0.25, -0.2) is 4.98 Å². The third kappa shape index (κ3) is 5.90. The molecule has 2 atom stereocenters. The second kappa shape index (κ2) is 10.9. The van der Waals surface area contributed by atoms with E-state index >= 15 is 0 Å². The number of hydrogen-bond acceptors (Lipinski definition) is 8. The van der Waals surface area contributed by atoms with Crippen molar-refractivity contribution >= 4 is 21.6 Å². The predicted octanol–water partition coefficient (Wildman–Crippen LogP) is 4.05. The van der Waals surface area contributed by atoms with Crippen LogP contribution in [-0.2, 0) is 4.84 Å². The minimum atomic E-state index is -0.529. The van der Waals surface area contributed by atoms with Crippen LogP contribution in [0.4, 0.5) is 0 Å². The van der Waals surface area contributed by atoms with E-state index in [2.05, 4.69) is 59.2 Å². The Kier molecular flexibility index (Phi) is 7.60. The Morgan fingerprint density at radius 1 is 1.08 bits per heavy atom. The van der Waals surface area contributed by atoms with Gasteiger partial charge in [0.1, 0.15) is 24.6 Å². The molecule has 7 nitrogen and oxygen atoms in total. The van der Waals surface area contributed by atoms with Crippen LogP contribution in [0.3, 0.4) is 0 Å². The molecule has 1 aromatic heterocycles. The fourth-order valence-corrected chi connectivity index (χ4v) is 6.09. The minimum Gasteiger partial charge on any atom is -0.491 e. The van der Waals surface area contributed by atoms with E-state index in [9.17, 15) is 5.11 Å². The van der Waals surface area contributed by atoms with Gasteiger partial charge in [-0.2, -0.15) is 0 Å². The number of piperazine rings is 1. The molecular weight excluding hydrogens is 472 g/mol. The standard InChI is InChI=1S/C28H36N4O3S/c1-18-11-19(2)28(20(3)12-18)26-13-22(30-35-26)15-31-7-9-32(10-8-31)16-23(33)17-34-24-5-6-27-25(14-24)29-21(4)36-27/h5-6,11-14,23,26,30,33H,7-10,15-17H2,1-4H3/t23-,26?/m1/s1. The molecule has 3 aromatic rings. The van der Waals surface area contributed by atoms with Crippen molar-refractivity contribution in [2.45, 2.75) is 39.9 Å². The Labute approximate surface area is 217 Å². The van der Waals surface area contributed by atoms with E-state index in [4.69, 9.17) is 9.57 Å². The summed E-state index contributed by atoms with van der Waals surface area (Å²) in [7, 11) is 0. The summed E-state index contributed by atoms with van der Waals surface area (Å²) in [6, 6.07) is 10.4. The average molecular weight is 509 g/mol. The molecular formula is C28H36N4O3S. The summed E-state index contributed by atoms with van der Waals surface area (Å²) in [4.78, 5) is 15.2. The second-order valence-electron chi connectivity index (χ2n) is 10.0. The van der Waals surface area contributed by atoms with Crippen LogP contribution in [0.5, 0.6) is 5.75 Å². The number of nitrogens with zero attached hydrogens (tertiary/aromatic N) is 3. The lowest BCUT2D eigenvalue weighted by Crippen LogP contribution is -2.49. The first kappa shape index (κ1) is 25.2. The molecule has 0 aliphatic carbocycles. The maximum absolute atomic E-state index is 10.5. The van der Waals surface area contributed by atoms with E-state index in [1.54, 1.807) is 11.3 Å². The van der Waals surface area contributed by atoms with Crippen molar-refractivity contribution in [3.8, 4) is 5.75 Å². The molecule has 8 heteroatoms. The number of ether oxygens (including phenoxy) is 1. The smallest absolute Gasteiger partial charge is 0.131 e. The molecule has 0 radical (unpaired) electrons. The van der Waals surface area contributed by atoms with Crippen LogP contribution in [0, 0.1) is 27.7 Å². The molecule has 3 heterocycles. The van der Waals surface area contributed by atoms with Crippen molar-refractivity contribution < 1.29 is 14.7 Å². The van der Waals surface area contributed by atoms with Crippen molar-refractivity contribution in [3.05, 3.63) is 69.4 Å². The number of aromatic nitrogens is 1. The molecule has 0 saturated carbocycles. The second-order valence-corrected chi connectivity index (χ2v) is 11.3. The highest BCUT2D eigenvalue weighted by atomic mass is 32.1. The first-order chi connectivity index (χ1) is 17.3. The van der Waals surface area contributed by atoms with Crippen LogP contribution in [0.2, 0.25) is 0 Å². The number of aryl methyl sites for hydroxylation is 4. The van der Waals surface area contributed by atoms with E-state index in [1.165, 1.54) is 22.3 Å². The number of thiazole rings is 1. The van der Waals surface area contributed by atoms with Crippen molar-refractivity contribution in [2.75, 3.05) is 45.9 Å². The normalized spacial score (nSPS) is 19.9. The summed E-state index contributed by atoms with van der Waals surface area (Å²) in [6.45, 7) is 14.0. The zero-order valence-corrected chi connectivity index (χ0v) is 22.4. The number of benzene rings is 2. The average Bonchev–Trinajstić information content (AvgIpc) is 3.43. The van der Waals surface area contributed by atoms with Crippen LogP contribution in [0.1, 0.15) is 33.4 Å². The number of aliphatic hydroxyl groups excluding tert-OH is 1. The number of hydrogen-bond donors (Lipinski definition) is 2. The van der Waals surface area contributed by atoms with Gasteiger partial charge in [-0.3, -0.25) is 20.1 Å². The van der Waals surface area contributed by atoms with Gasteiger partial charge >= 0.3 is 0 Å². The molecule has 1 fully saturated rings. The summed E-state index contributed by atoms with van der Waals surface area (Å²) < 4.78 is 7.01. The van der Waals surface area contributed by atoms with E-state index in [1.807, 2.05) is 25.1 Å². The monoisotopic (exact) mass is 508 g/mol. The molecule has 2 aliphatic rings. The molecule has 0 amide bonds. The zero-order chi connectivity index (χ0) is 25.2. The predicted molar refractivity (Wildman–Crippen MR) is 144 cm³/mol. The Balaban J connectivity index is 1.06. The topological polar surface area (TPSA) is 70.1 Å². The molecule has 5 rings (SSSR count). The number of nitrogens with one attached hydrogen (secondary N) is 1. The number of β-amino-alcohol motifs (C(OH)–C–C–N with tert-alkyl or cyclic N) is 1. The van der Waals surface area contributed by atoms with Crippen molar-refractivity contribution in [1.29, 1.82) is 0 Å². The van der Waals surface area contributed by atoms with Gasteiger partial charge in [-0.1, -0.05) is 17.7 Å². The zero-order valence-electron chi connectivity index (χ0n) is 21.6. The molecule has 36 heavy (non-hydrogen) atoms. The number of rotatable bonds is 8. The Morgan fingerprint density at radius 2 is 1.81 bits per heavy atom.